The second-order valence-electron chi connectivity index (χ2n) is 4.35. The second-order valence-corrected chi connectivity index (χ2v) is 4.35. The summed E-state index contributed by atoms with van der Waals surface area (Å²) in [5, 5.41) is 20.6. The van der Waals surface area contributed by atoms with E-state index in [0.717, 1.165) is 19.3 Å². The Labute approximate surface area is 102 Å². The molecule has 0 spiro atoms. The van der Waals surface area contributed by atoms with Crippen molar-refractivity contribution >= 4 is 5.91 Å². The molecular formula is C12H20N2O3. The van der Waals surface area contributed by atoms with E-state index in [-0.39, 0.29) is 12.5 Å². The van der Waals surface area contributed by atoms with Crippen LogP contribution in [-0.2, 0) is 9.53 Å². The van der Waals surface area contributed by atoms with Gasteiger partial charge in [0.15, 0.2) is 0 Å². The van der Waals surface area contributed by atoms with Gasteiger partial charge in [0.25, 0.3) is 0 Å². The molecule has 1 saturated heterocycles. The summed E-state index contributed by atoms with van der Waals surface area (Å²) in [5.74, 6) is -0.174. The third-order valence-electron chi connectivity index (χ3n) is 3.12. The average molecular weight is 240 g/mol. The number of nitriles is 1. The van der Waals surface area contributed by atoms with Crippen LogP contribution in [0.3, 0.4) is 0 Å². The van der Waals surface area contributed by atoms with E-state index >= 15 is 0 Å². The summed E-state index contributed by atoms with van der Waals surface area (Å²) in [6.07, 6.45) is 3.44. The van der Waals surface area contributed by atoms with Crippen molar-refractivity contribution in [1.82, 2.24) is 5.32 Å². The van der Waals surface area contributed by atoms with Gasteiger partial charge in [-0.1, -0.05) is 0 Å². The number of carbonyl (C=O) groups is 1. The standard InChI is InChI=1S/C12H20N2O3/c13-10-12(4-8-17-9-5-12)11(16)14-6-2-1-3-7-15/h15H,1-9H2,(H,14,16). The molecule has 0 bridgehead atoms. The van der Waals surface area contributed by atoms with Crippen molar-refractivity contribution < 1.29 is 14.6 Å². The zero-order chi connectivity index (χ0) is 12.6. The molecule has 5 nitrogen and oxygen atoms in total. The summed E-state index contributed by atoms with van der Waals surface area (Å²) in [7, 11) is 0. The Balaban J connectivity index is 2.32. The maximum absolute atomic E-state index is 11.9. The first-order valence-corrected chi connectivity index (χ1v) is 6.13. The molecule has 0 aromatic carbocycles. The topological polar surface area (TPSA) is 82.4 Å². The Kier molecular flexibility index (Phi) is 5.95. The average Bonchev–Trinajstić information content (AvgIpc) is 2.39. The number of aliphatic hydroxyl groups is 1. The van der Waals surface area contributed by atoms with Gasteiger partial charge < -0.3 is 15.2 Å². The quantitative estimate of drug-likeness (QED) is 0.665. The second kappa shape index (κ2) is 7.25. The summed E-state index contributed by atoms with van der Waals surface area (Å²) in [6, 6.07) is 2.14. The third kappa shape index (κ3) is 3.99. The fraction of sp³-hybridized carbons (Fsp3) is 0.833. The van der Waals surface area contributed by atoms with Crippen LogP contribution in [0.15, 0.2) is 0 Å². The third-order valence-corrected chi connectivity index (χ3v) is 3.12. The highest BCUT2D eigenvalue weighted by atomic mass is 16.5. The van der Waals surface area contributed by atoms with Gasteiger partial charge >= 0.3 is 0 Å². The van der Waals surface area contributed by atoms with Crippen molar-refractivity contribution in [3.63, 3.8) is 0 Å². The van der Waals surface area contributed by atoms with Crippen LogP contribution in [-0.4, -0.2) is 37.4 Å². The maximum atomic E-state index is 11.9. The molecule has 1 fully saturated rings. The lowest BCUT2D eigenvalue weighted by Crippen LogP contribution is -2.44. The number of aliphatic hydroxyl groups excluding tert-OH is 1. The van der Waals surface area contributed by atoms with Gasteiger partial charge in [0.1, 0.15) is 5.41 Å². The molecule has 0 atom stereocenters. The summed E-state index contributed by atoms with van der Waals surface area (Å²) in [6.45, 7) is 1.72. The number of nitrogens with zero attached hydrogens (tertiary/aromatic N) is 1. The van der Waals surface area contributed by atoms with E-state index < -0.39 is 5.41 Å². The normalized spacial score (nSPS) is 18.4. The van der Waals surface area contributed by atoms with Gasteiger partial charge in [-0.2, -0.15) is 5.26 Å². The largest absolute Gasteiger partial charge is 0.396 e. The van der Waals surface area contributed by atoms with Gasteiger partial charge in [-0.15, -0.1) is 0 Å². The highest BCUT2D eigenvalue weighted by Gasteiger charge is 2.40. The Morgan fingerprint density at radius 1 is 1.35 bits per heavy atom. The molecule has 5 heteroatoms. The Hall–Kier alpha value is -1.12. The lowest BCUT2D eigenvalue weighted by atomic mass is 9.81. The first kappa shape index (κ1) is 13.9. The fourth-order valence-corrected chi connectivity index (χ4v) is 1.89. The van der Waals surface area contributed by atoms with E-state index in [1.807, 2.05) is 0 Å². The fourth-order valence-electron chi connectivity index (χ4n) is 1.89. The molecular weight excluding hydrogens is 220 g/mol. The van der Waals surface area contributed by atoms with Gasteiger partial charge in [-0.05, 0) is 32.1 Å². The highest BCUT2D eigenvalue weighted by molar-refractivity contribution is 5.85. The van der Waals surface area contributed by atoms with Crippen LogP contribution in [0.1, 0.15) is 32.1 Å². The van der Waals surface area contributed by atoms with Gasteiger partial charge in [0.05, 0.1) is 6.07 Å². The van der Waals surface area contributed by atoms with Crippen LogP contribution in [0.25, 0.3) is 0 Å². The van der Waals surface area contributed by atoms with E-state index in [2.05, 4.69) is 11.4 Å². The van der Waals surface area contributed by atoms with Gasteiger partial charge in [-0.25, -0.2) is 0 Å². The van der Waals surface area contributed by atoms with Crippen LogP contribution in [0.5, 0.6) is 0 Å². The van der Waals surface area contributed by atoms with E-state index in [0.29, 0.717) is 32.6 Å². The molecule has 0 radical (unpaired) electrons. The number of rotatable bonds is 6. The molecule has 0 saturated carbocycles. The van der Waals surface area contributed by atoms with Crippen molar-refractivity contribution in [2.75, 3.05) is 26.4 Å². The van der Waals surface area contributed by atoms with E-state index in [9.17, 15) is 4.79 Å². The van der Waals surface area contributed by atoms with Gasteiger partial charge in [-0.3, -0.25) is 4.79 Å². The minimum Gasteiger partial charge on any atom is -0.396 e. The molecule has 0 aromatic heterocycles. The lowest BCUT2D eigenvalue weighted by molar-refractivity contribution is -0.132. The minimum atomic E-state index is -0.894. The first-order chi connectivity index (χ1) is 8.25. The van der Waals surface area contributed by atoms with E-state index in [1.54, 1.807) is 0 Å². The molecule has 1 heterocycles. The van der Waals surface area contributed by atoms with Crippen LogP contribution in [0, 0.1) is 16.7 Å². The molecule has 0 aromatic rings. The predicted octanol–water partition coefficient (Wildman–Crippen LogP) is 0.586. The van der Waals surface area contributed by atoms with Crippen LogP contribution >= 0.6 is 0 Å². The summed E-state index contributed by atoms with van der Waals surface area (Å²) < 4.78 is 5.18. The number of ether oxygens (including phenoxy) is 1. The van der Waals surface area contributed by atoms with Crippen molar-refractivity contribution in [3.8, 4) is 6.07 Å². The molecule has 96 valence electrons. The van der Waals surface area contributed by atoms with Crippen LogP contribution in [0.2, 0.25) is 0 Å². The first-order valence-electron chi connectivity index (χ1n) is 6.13. The van der Waals surface area contributed by atoms with Gasteiger partial charge in [0.2, 0.25) is 5.91 Å². The SMILES string of the molecule is N#CC1(C(=O)NCCCCCO)CCOCC1. The summed E-state index contributed by atoms with van der Waals surface area (Å²) >= 11 is 0. The Morgan fingerprint density at radius 3 is 2.65 bits per heavy atom. The summed E-state index contributed by atoms with van der Waals surface area (Å²) in [5.41, 5.74) is -0.894. The molecule has 1 amide bonds. The van der Waals surface area contributed by atoms with Crippen LogP contribution in [0.4, 0.5) is 0 Å². The number of hydrogen-bond donors (Lipinski definition) is 2. The molecule has 1 aliphatic heterocycles. The Morgan fingerprint density at radius 2 is 2.06 bits per heavy atom. The number of carbonyl (C=O) groups excluding carboxylic acids is 1. The van der Waals surface area contributed by atoms with Crippen molar-refractivity contribution in [1.29, 1.82) is 5.26 Å². The number of hydrogen-bond acceptors (Lipinski definition) is 4. The molecule has 2 N–H and O–H groups in total. The smallest absolute Gasteiger partial charge is 0.240 e. The van der Waals surface area contributed by atoms with E-state index in [4.69, 9.17) is 15.1 Å². The molecule has 0 unspecified atom stereocenters. The Bertz CT molecular complexity index is 280. The lowest BCUT2D eigenvalue weighted by Gasteiger charge is -2.29. The molecule has 17 heavy (non-hydrogen) atoms. The molecule has 0 aliphatic carbocycles. The maximum Gasteiger partial charge on any atom is 0.240 e. The zero-order valence-electron chi connectivity index (χ0n) is 10.1. The van der Waals surface area contributed by atoms with Crippen LogP contribution < -0.4 is 5.32 Å². The minimum absolute atomic E-state index is 0.174. The van der Waals surface area contributed by atoms with Crippen molar-refractivity contribution in [2.24, 2.45) is 5.41 Å². The van der Waals surface area contributed by atoms with Crippen molar-refractivity contribution in [3.05, 3.63) is 0 Å². The number of unbranched alkanes of at least 4 members (excludes halogenated alkanes) is 2. The van der Waals surface area contributed by atoms with E-state index in [1.165, 1.54) is 0 Å². The summed E-state index contributed by atoms with van der Waals surface area (Å²) in [4.78, 5) is 11.9. The van der Waals surface area contributed by atoms with Gasteiger partial charge in [0, 0.05) is 26.4 Å². The number of nitrogens with one attached hydrogen (secondary N) is 1. The predicted molar refractivity (Wildman–Crippen MR) is 62.0 cm³/mol. The molecule has 1 aliphatic rings. The highest BCUT2D eigenvalue weighted by Crippen LogP contribution is 2.29. The number of amides is 1. The zero-order valence-corrected chi connectivity index (χ0v) is 10.1. The van der Waals surface area contributed by atoms with Crippen molar-refractivity contribution in [2.45, 2.75) is 32.1 Å². The monoisotopic (exact) mass is 240 g/mol. The molecule has 1 rings (SSSR count).